The molecule has 2 aromatic carbocycles. The number of piperidine rings is 1. The fourth-order valence-corrected chi connectivity index (χ4v) is 4.35. The lowest BCUT2D eigenvalue weighted by Crippen LogP contribution is -2.39. The van der Waals surface area contributed by atoms with Gasteiger partial charge in [-0.05, 0) is 63.0 Å². The van der Waals surface area contributed by atoms with Crippen molar-refractivity contribution < 1.29 is 13.9 Å². The fourth-order valence-electron chi connectivity index (χ4n) is 4.35. The third kappa shape index (κ3) is 5.64. The van der Waals surface area contributed by atoms with Crippen molar-refractivity contribution in [1.29, 1.82) is 0 Å². The highest BCUT2D eigenvalue weighted by molar-refractivity contribution is 5.95. The van der Waals surface area contributed by atoms with Gasteiger partial charge >= 0.3 is 0 Å². The van der Waals surface area contributed by atoms with Gasteiger partial charge in [0, 0.05) is 31.0 Å². The van der Waals surface area contributed by atoms with Gasteiger partial charge in [0.1, 0.15) is 5.82 Å². The zero-order valence-corrected chi connectivity index (χ0v) is 18.8. The van der Waals surface area contributed by atoms with E-state index >= 15 is 0 Å². The van der Waals surface area contributed by atoms with Crippen LogP contribution in [0.5, 0.6) is 0 Å². The van der Waals surface area contributed by atoms with Crippen LogP contribution in [0.2, 0.25) is 0 Å². The van der Waals surface area contributed by atoms with E-state index < -0.39 is 5.82 Å². The second kappa shape index (κ2) is 10.7. The number of rotatable bonds is 8. The van der Waals surface area contributed by atoms with E-state index in [2.05, 4.69) is 20.4 Å². The van der Waals surface area contributed by atoms with Crippen molar-refractivity contribution in [2.45, 2.75) is 38.2 Å². The minimum atomic E-state index is -0.514. The van der Waals surface area contributed by atoms with E-state index in [1.54, 1.807) is 37.4 Å². The third-order valence-electron chi connectivity index (χ3n) is 6.13. The maximum Gasteiger partial charge on any atom is 0.272 e. The largest absolute Gasteiger partial charge is 0.380 e. The first-order valence-corrected chi connectivity index (χ1v) is 11.4. The summed E-state index contributed by atoms with van der Waals surface area (Å²) in [4.78, 5) is 26.9. The number of methoxy groups -OCH3 is 1. The number of carbonyl (C=O) groups is 1. The lowest BCUT2D eigenvalue weighted by Gasteiger charge is -2.31. The Bertz CT molecular complexity index is 1180. The van der Waals surface area contributed by atoms with Gasteiger partial charge in [-0.25, -0.2) is 9.49 Å². The molecule has 0 spiro atoms. The van der Waals surface area contributed by atoms with Crippen LogP contribution in [0.25, 0.3) is 22.0 Å². The standard InChI is InChI=1S/C25H29FN4O3/c1-33-18-7-6-14-30(16-18)13-5-4-10-23(31)27-22-15-17(11-12-21(22)26)24-19-8-2-3-9-20(19)25(32)29-28-24/h2-3,8-9,11-12,15,18H,4-7,10,13-14,16H2,1H3,(H,27,31)(H,29,32). The molecule has 1 saturated heterocycles. The smallest absolute Gasteiger partial charge is 0.272 e. The molecule has 7 nitrogen and oxygen atoms in total. The quantitative estimate of drug-likeness (QED) is 0.506. The van der Waals surface area contributed by atoms with Gasteiger partial charge in [-0.1, -0.05) is 18.2 Å². The summed E-state index contributed by atoms with van der Waals surface area (Å²) in [6, 6.07) is 11.5. The molecule has 8 heteroatoms. The van der Waals surface area contributed by atoms with Crippen molar-refractivity contribution in [2.75, 3.05) is 32.1 Å². The van der Waals surface area contributed by atoms with Crippen LogP contribution in [0.1, 0.15) is 32.1 Å². The predicted molar refractivity (Wildman–Crippen MR) is 127 cm³/mol. The molecule has 1 aliphatic rings. The molecular formula is C25H29FN4O3. The molecule has 1 fully saturated rings. The number of carbonyl (C=O) groups excluding carboxylic acids is 1. The van der Waals surface area contributed by atoms with Crippen LogP contribution in [0.3, 0.4) is 0 Å². The van der Waals surface area contributed by atoms with E-state index in [-0.39, 0.29) is 17.2 Å². The molecule has 1 atom stereocenters. The Morgan fingerprint density at radius 2 is 2.06 bits per heavy atom. The summed E-state index contributed by atoms with van der Waals surface area (Å²) >= 11 is 0. The van der Waals surface area contributed by atoms with Crippen molar-refractivity contribution in [3.05, 3.63) is 58.6 Å². The summed E-state index contributed by atoms with van der Waals surface area (Å²) in [7, 11) is 1.75. The fraction of sp³-hybridized carbons (Fsp3) is 0.400. The Morgan fingerprint density at radius 1 is 1.24 bits per heavy atom. The highest BCUT2D eigenvalue weighted by Gasteiger charge is 2.19. The molecule has 4 rings (SSSR count). The van der Waals surface area contributed by atoms with Gasteiger partial charge in [-0.15, -0.1) is 0 Å². The lowest BCUT2D eigenvalue weighted by molar-refractivity contribution is -0.116. The Hall–Kier alpha value is -3.10. The second-order valence-corrected chi connectivity index (χ2v) is 8.45. The van der Waals surface area contributed by atoms with Crippen molar-refractivity contribution in [1.82, 2.24) is 15.1 Å². The van der Waals surface area contributed by atoms with Crippen LogP contribution in [-0.4, -0.2) is 53.9 Å². The lowest BCUT2D eigenvalue weighted by atomic mass is 10.0. The molecule has 2 N–H and O–H groups in total. The summed E-state index contributed by atoms with van der Waals surface area (Å²) in [5.41, 5.74) is 0.953. The number of nitrogens with one attached hydrogen (secondary N) is 2. The minimum Gasteiger partial charge on any atom is -0.380 e. The molecule has 1 unspecified atom stereocenters. The average Bonchev–Trinajstić information content (AvgIpc) is 2.84. The molecule has 1 amide bonds. The van der Waals surface area contributed by atoms with E-state index in [4.69, 9.17) is 4.74 Å². The van der Waals surface area contributed by atoms with E-state index in [1.165, 1.54) is 6.07 Å². The second-order valence-electron chi connectivity index (χ2n) is 8.45. The van der Waals surface area contributed by atoms with Crippen LogP contribution in [0.4, 0.5) is 10.1 Å². The zero-order chi connectivity index (χ0) is 23.2. The molecule has 0 bridgehead atoms. The average molecular weight is 453 g/mol. The van der Waals surface area contributed by atoms with Gasteiger partial charge in [-0.3, -0.25) is 9.59 Å². The molecule has 2 heterocycles. The number of ether oxygens (including phenoxy) is 1. The van der Waals surface area contributed by atoms with Gasteiger partial charge in [0.15, 0.2) is 0 Å². The monoisotopic (exact) mass is 452 g/mol. The molecule has 1 aliphatic heterocycles. The predicted octanol–water partition coefficient (Wildman–Crippen LogP) is 3.95. The van der Waals surface area contributed by atoms with Gasteiger partial charge in [0.05, 0.1) is 22.9 Å². The number of H-pyrrole nitrogens is 1. The van der Waals surface area contributed by atoms with Crippen LogP contribution in [0.15, 0.2) is 47.3 Å². The van der Waals surface area contributed by atoms with E-state index in [9.17, 15) is 14.0 Å². The van der Waals surface area contributed by atoms with Crippen LogP contribution in [0, 0.1) is 5.82 Å². The van der Waals surface area contributed by atoms with E-state index in [1.807, 2.05) is 6.07 Å². The van der Waals surface area contributed by atoms with Crippen molar-refractivity contribution >= 4 is 22.4 Å². The number of fused-ring (bicyclic) bond motifs is 1. The number of benzene rings is 2. The molecule has 0 saturated carbocycles. The van der Waals surface area contributed by atoms with Crippen LogP contribution < -0.4 is 10.9 Å². The molecule has 3 aromatic rings. The SMILES string of the molecule is COC1CCCN(CCCCC(=O)Nc2cc(-c3n[nH]c(=O)c4ccccc34)ccc2F)C1. The van der Waals surface area contributed by atoms with E-state index in [0.29, 0.717) is 34.6 Å². The van der Waals surface area contributed by atoms with Crippen LogP contribution >= 0.6 is 0 Å². The molecular weight excluding hydrogens is 423 g/mol. The zero-order valence-electron chi connectivity index (χ0n) is 18.8. The molecule has 0 radical (unpaired) electrons. The Balaban J connectivity index is 1.37. The number of aromatic amines is 1. The number of halogens is 1. The first kappa shape index (κ1) is 23.1. The van der Waals surface area contributed by atoms with Crippen molar-refractivity contribution in [3.63, 3.8) is 0 Å². The molecule has 174 valence electrons. The minimum absolute atomic E-state index is 0.105. The number of amides is 1. The maximum absolute atomic E-state index is 14.4. The number of unbranched alkanes of at least 4 members (excludes halogenated alkanes) is 1. The highest BCUT2D eigenvalue weighted by atomic mass is 19.1. The topological polar surface area (TPSA) is 87.3 Å². The summed E-state index contributed by atoms with van der Waals surface area (Å²) in [6.07, 6.45) is 4.49. The Labute approximate surface area is 191 Å². The number of anilines is 1. The highest BCUT2D eigenvalue weighted by Crippen LogP contribution is 2.28. The Morgan fingerprint density at radius 3 is 2.88 bits per heavy atom. The number of likely N-dealkylation sites (tertiary alicyclic amines) is 1. The summed E-state index contributed by atoms with van der Waals surface area (Å²) in [5, 5.41) is 10.5. The summed E-state index contributed by atoms with van der Waals surface area (Å²) < 4.78 is 19.9. The molecule has 1 aromatic heterocycles. The number of hydrogen-bond acceptors (Lipinski definition) is 5. The maximum atomic E-state index is 14.4. The van der Waals surface area contributed by atoms with Gasteiger partial charge in [-0.2, -0.15) is 5.10 Å². The number of nitrogens with zero attached hydrogens (tertiary/aromatic N) is 2. The molecule has 0 aliphatic carbocycles. The third-order valence-corrected chi connectivity index (χ3v) is 6.13. The van der Waals surface area contributed by atoms with Crippen molar-refractivity contribution in [3.8, 4) is 11.3 Å². The summed E-state index contributed by atoms with van der Waals surface area (Å²) in [5.74, 6) is -0.737. The van der Waals surface area contributed by atoms with Crippen molar-refractivity contribution in [2.24, 2.45) is 0 Å². The van der Waals surface area contributed by atoms with Gasteiger partial charge < -0.3 is 15.0 Å². The summed E-state index contributed by atoms with van der Waals surface area (Å²) in [6.45, 7) is 2.94. The first-order chi connectivity index (χ1) is 16.0. The van der Waals surface area contributed by atoms with Crippen LogP contribution in [-0.2, 0) is 9.53 Å². The van der Waals surface area contributed by atoms with Gasteiger partial charge in [0.2, 0.25) is 5.91 Å². The van der Waals surface area contributed by atoms with Gasteiger partial charge in [0.25, 0.3) is 5.56 Å². The Kier molecular flexibility index (Phi) is 7.47. The van der Waals surface area contributed by atoms with E-state index in [0.717, 1.165) is 45.3 Å². The normalized spacial score (nSPS) is 16.7. The number of aromatic nitrogens is 2. The number of hydrogen-bond donors (Lipinski definition) is 2. The molecule has 33 heavy (non-hydrogen) atoms. The first-order valence-electron chi connectivity index (χ1n) is 11.4.